The van der Waals surface area contributed by atoms with Gasteiger partial charge >= 0.3 is 6.18 Å². The Bertz CT molecular complexity index is 424. The molecular formula is C11H11F3N2O. The van der Waals surface area contributed by atoms with Crippen LogP contribution < -0.4 is 10.5 Å². The third-order valence-corrected chi connectivity index (χ3v) is 2.03. The molecule has 0 aliphatic heterocycles. The predicted octanol–water partition coefficient (Wildman–Crippen LogP) is 2.30. The summed E-state index contributed by atoms with van der Waals surface area (Å²) in [5.41, 5.74) is 3.85. The monoisotopic (exact) mass is 244 g/mol. The third kappa shape index (κ3) is 3.64. The van der Waals surface area contributed by atoms with Gasteiger partial charge in [-0.05, 0) is 31.2 Å². The number of nitriles is 1. The van der Waals surface area contributed by atoms with Crippen LogP contribution in [0.2, 0.25) is 0 Å². The Morgan fingerprint density at radius 2 is 2.06 bits per heavy atom. The molecule has 0 fully saturated rings. The highest BCUT2D eigenvalue weighted by Crippen LogP contribution is 2.33. The number of hydrogen-bond acceptors (Lipinski definition) is 3. The molecule has 0 bridgehead atoms. The minimum Gasteiger partial charge on any atom is -0.494 e. The first kappa shape index (κ1) is 13.3. The standard InChI is InChI=1S/C11H11F3N2O/c12-11(13,14)10-3-2-9(6-8(10)7-16)17-5-1-4-15/h2-3,6H,1,4-5,15H2. The molecule has 0 saturated carbocycles. The molecule has 0 aliphatic rings. The molecule has 0 unspecified atom stereocenters. The summed E-state index contributed by atoms with van der Waals surface area (Å²) in [5.74, 6) is 0.239. The van der Waals surface area contributed by atoms with Crippen molar-refractivity contribution in [3.05, 3.63) is 29.3 Å². The van der Waals surface area contributed by atoms with Crippen LogP contribution in [0.5, 0.6) is 5.75 Å². The first-order chi connectivity index (χ1) is 7.99. The van der Waals surface area contributed by atoms with Crippen molar-refractivity contribution in [2.45, 2.75) is 12.6 Å². The molecule has 0 heterocycles. The molecule has 1 aromatic carbocycles. The number of benzene rings is 1. The van der Waals surface area contributed by atoms with Gasteiger partial charge in [-0.15, -0.1) is 0 Å². The van der Waals surface area contributed by atoms with Crippen LogP contribution in [0.25, 0.3) is 0 Å². The highest BCUT2D eigenvalue weighted by atomic mass is 19.4. The zero-order chi connectivity index (χ0) is 12.9. The Morgan fingerprint density at radius 1 is 1.35 bits per heavy atom. The van der Waals surface area contributed by atoms with E-state index in [1.165, 1.54) is 12.1 Å². The van der Waals surface area contributed by atoms with E-state index in [0.29, 0.717) is 19.6 Å². The van der Waals surface area contributed by atoms with E-state index < -0.39 is 17.3 Å². The lowest BCUT2D eigenvalue weighted by Gasteiger charge is -2.10. The van der Waals surface area contributed by atoms with Crippen molar-refractivity contribution in [1.82, 2.24) is 0 Å². The van der Waals surface area contributed by atoms with Gasteiger partial charge in [-0.2, -0.15) is 18.4 Å². The molecule has 3 nitrogen and oxygen atoms in total. The fourth-order valence-electron chi connectivity index (χ4n) is 1.23. The number of ether oxygens (including phenoxy) is 1. The van der Waals surface area contributed by atoms with Gasteiger partial charge in [-0.3, -0.25) is 0 Å². The Balaban J connectivity index is 2.90. The Morgan fingerprint density at radius 3 is 2.59 bits per heavy atom. The Labute approximate surface area is 96.6 Å². The van der Waals surface area contributed by atoms with Gasteiger partial charge in [0.15, 0.2) is 0 Å². The van der Waals surface area contributed by atoms with E-state index >= 15 is 0 Å². The van der Waals surface area contributed by atoms with Gasteiger partial charge in [0.2, 0.25) is 0 Å². The molecule has 17 heavy (non-hydrogen) atoms. The van der Waals surface area contributed by atoms with Crippen LogP contribution in [-0.4, -0.2) is 13.2 Å². The molecule has 0 spiro atoms. The van der Waals surface area contributed by atoms with E-state index in [9.17, 15) is 13.2 Å². The maximum Gasteiger partial charge on any atom is 0.417 e. The summed E-state index contributed by atoms with van der Waals surface area (Å²) in [5, 5.41) is 8.65. The maximum absolute atomic E-state index is 12.5. The van der Waals surface area contributed by atoms with Crippen molar-refractivity contribution in [2.24, 2.45) is 5.73 Å². The van der Waals surface area contributed by atoms with Gasteiger partial charge in [0.1, 0.15) is 5.75 Å². The van der Waals surface area contributed by atoms with E-state index in [0.717, 1.165) is 12.1 Å². The maximum atomic E-state index is 12.5. The Kier molecular flexibility index (Phi) is 4.35. The second-order valence-electron chi connectivity index (χ2n) is 3.31. The summed E-state index contributed by atoms with van der Waals surface area (Å²) in [6.07, 6.45) is -3.93. The third-order valence-electron chi connectivity index (χ3n) is 2.03. The molecular weight excluding hydrogens is 233 g/mol. The van der Waals surface area contributed by atoms with Crippen molar-refractivity contribution in [1.29, 1.82) is 5.26 Å². The summed E-state index contributed by atoms with van der Waals surface area (Å²) in [4.78, 5) is 0. The van der Waals surface area contributed by atoms with Crippen molar-refractivity contribution in [3.8, 4) is 11.8 Å². The van der Waals surface area contributed by atoms with E-state index in [1.54, 1.807) is 0 Å². The first-order valence-corrected chi connectivity index (χ1v) is 4.93. The number of rotatable bonds is 4. The van der Waals surface area contributed by atoms with Gasteiger partial charge in [-0.1, -0.05) is 0 Å². The molecule has 6 heteroatoms. The number of hydrogen-bond donors (Lipinski definition) is 1. The van der Waals surface area contributed by atoms with E-state index in [1.807, 2.05) is 0 Å². The molecule has 1 rings (SSSR count). The van der Waals surface area contributed by atoms with Crippen LogP contribution in [0.1, 0.15) is 17.5 Å². The summed E-state index contributed by atoms with van der Waals surface area (Å²) in [6, 6.07) is 4.63. The van der Waals surface area contributed by atoms with Crippen LogP contribution in [-0.2, 0) is 6.18 Å². The molecule has 92 valence electrons. The van der Waals surface area contributed by atoms with E-state index in [2.05, 4.69) is 0 Å². The summed E-state index contributed by atoms with van der Waals surface area (Å²) in [6.45, 7) is 0.748. The number of halogens is 3. The molecule has 0 saturated heterocycles. The average Bonchev–Trinajstić information content (AvgIpc) is 2.28. The lowest BCUT2D eigenvalue weighted by molar-refractivity contribution is -0.137. The van der Waals surface area contributed by atoms with Crippen LogP contribution in [0.15, 0.2) is 18.2 Å². The smallest absolute Gasteiger partial charge is 0.417 e. The van der Waals surface area contributed by atoms with E-state index in [4.69, 9.17) is 15.7 Å². The molecule has 0 amide bonds. The molecule has 0 aromatic heterocycles. The lowest BCUT2D eigenvalue weighted by Crippen LogP contribution is -2.09. The average molecular weight is 244 g/mol. The largest absolute Gasteiger partial charge is 0.494 e. The van der Waals surface area contributed by atoms with Crippen LogP contribution >= 0.6 is 0 Å². The Hall–Kier alpha value is -1.74. The second-order valence-corrected chi connectivity index (χ2v) is 3.31. The topological polar surface area (TPSA) is 59.0 Å². The highest BCUT2D eigenvalue weighted by molar-refractivity contribution is 5.44. The van der Waals surface area contributed by atoms with Gasteiger partial charge in [0.25, 0.3) is 0 Å². The molecule has 2 N–H and O–H groups in total. The minimum absolute atomic E-state index is 0.239. The normalized spacial score (nSPS) is 11.0. The van der Waals surface area contributed by atoms with Gasteiger partial charge < -0.3 is 10.5 Å². The van der Waals surface area contributed by atoms with Crippen LogP contribution in [0, 0.1) is 11.3 Å². The fraction of sp³-hybridized carbons (Fsp3) is 0.364. The van der Waals surface area contributed by atoms with Crippen LogP contribution in [0.3, 0.4) is 0 Å². The number of nitrogens with two attached hydrogens (primary N) is 1. The zero-order valence-corrected chi connectivity index (χ0v) is 8.92. The number of alkyl halides is 3. The summed E-state index contributed by atoms with van der Waals surface area (Å²) < 4.78 is 42.6. The molecule has 1 aromatic rings. The number of nitrogens with zero attached hydrogens (tertiary/aromatic N) is 1. The van der Waals surface area contributed by atoms with Crippen molar-refractivity contribution >= 4 is 0 Å². The second kappa shape index (κ2) is 5.55. The van der Waals surface area contributed by atoms with Gasteiger partial charge in [0.05, 0.1) is 23.8 Å². The fourth-order valence-corrected chi connectivity index (χ4v) is 1.23. The van der Waals surface area contributed by atoms with E-state index in [-0.39, 0.29) is 5.75 Å². The highest BCUT2D eigenvalue weighted by Gasteiger charge is 2.33. The van der Waals surface area contributed by atoms with Gasteiger partial charge in [-0.25, -0.2) is 0 Å². The van der Waals surface area contributed by atoms with Gasteiger partial charge in [0, 0.05) is 0 Å². The minimum atomic E-state index is -4.53. The van der Waals surface area contributed by atoms with Crippen molar-refractivity contribution < 1.29 is 17.9 Å². The zero-order valence-electron chi connectivity index (χ0n) is 8.92. The summed E-state index contributed by atoms with van der Waals surface area (Å²) >= 11 is 0. The molecule has 0 radical (unpaired) electrons. The predicted molar refractivity (Wildman–Crippen MR) is 55.3 cm³/mol. The summed E-state index contributed by atoms with van der Waals surface area (Å²) in [7, 11) is 0. The SMILES string of the molecule is N#Cc1cc(OCCCN)ccc1C(F)(F)F. The van der Waals surface area contributed by atoms with Crippen molar-refractivity contribution in [2.75, 3.05) is 13.2 Å². The quantitative estimate of drug-likeness (QED) is 0.827. The molecule has 0 atom stereocenters. The van der Waals surface area contributed by atoms with Crippen molar-refractivity contribution in [3.63, 3.8) is 0 Å². The first-order valence-electron chi connectivity index (χ1n) is 4.93. The molecule has 0 aliphatic carbocycles. The lowest BCUT2D eigenvalue weighted by atomic mass is 10.1. The van der Waals surface area contributed by atoms with Crippen LogP contribution in [0.4, 0.5) is 13.2 Å².